The summed E-state index contributed by atoms with van der Waals surface area (Å²) < 4.78 is 2.71. The summed E-state index contributed by atoms with van der Waals surface area (Å²) in [6.07, 6.45) is 15.8. The van der Waals surface area contributed by atoms with E-state index in [1.165, 1.54) is 149 Å². The van der Waals surface area contributed by atoms with E-state index in [4.69, 9.17) is 0 Å². The molecule has 0 aromatic heterocycles. The molecule has 0 rings (SSSR count). The summed E-state index contributed by atoms with van der Waals surface area (Å²) in [7, 11) is 0.710. The van der Waals surface area contributed by atoms with E-state index in [-0.39, 0.29) is 71.9 Å². The van der Waals surface area contributed by atoms with Gasteiger partial charge in [0.25, 0.3) is 0 Å². The zero-order valence-electron chi connectivity index (χ0n) is 25.0. The molecule has 0 bridgehead atoms. The first kappa shape index (κ1) is 44.5. The fourth-order valence-electron chi connectivity index (χ4n) is 5.69. The maximum Gasteiger partial charge on any atom is 0.108 e. The largest absolute Gasteiger partial charge is 1.00 e. The lowest BCUT2D eigenvalue weighted by Gasteiger charge is -2.36. The number of quaternary nitrogens is 2. The summed E-state index contributed by atoms with van der Waals surface area (Å²) >= 11 is 0. The Labute approximate surface area is 277 Å². The zero-order chi connectivity index (χ0) is 24.1. The molecule has 218 valence electrons. The molecule has 0 fully saturated rings. The van der Waals surface area contributed by atoms with Crippen molar-refractivity contribution in [2.24, 2.45) is 0 Å². The molecule has 0 N–H and O–H groups in total. The smallest absolute Gasteiger partial charge is 0.108 e. The molecule has 6 heteroatoms. The van der Waals surface area contributed by atoms with Crippen LogP contribution in [-0.4, -0.2) is 78.6 Å². The number of hydrogen-bond donors (Lipinski definition) is 0. The van der Waals surface area contributed by atoms with Gasteiger partial charge in [-0.25, -0.2) is 0 Å². The second kappa shape index (κ2) is 29.4. The first-order valence-corrected chi connectivity index (χ1v) is 16.6. The molecule has 35 heavy (non-hydrogen) atoms. The van der Waals surface area contributed by atoms with Crippen molar-refractivity contribution >= 4 is 10.9 Å². The summed E-state index contributed by atoms with van der Waals surface area (Å²) in [6.45, 7) is 27.5. The number of halogens is 3. The summed E-state index contributed by atoms with van der Waals surface area (Å²) in [5, 5.41) is 0. The molecule has 2 nitrogen and oxygen atoms in total. The van der Waals surface area contributed by atoms with Crippen LogP contribution >= 0.6 is 0 Å². The third-order valence-electron chi connectivity index (χ3n) is 8.20. The van der Waals surface area contributed by atoms with Crippen molar-refractivity contribution in [3.63, 3.8) is 0 Å². The van der Waals surface area contributed by atoms with Gasteiger partial charge in [0.1, 0.15) is 17.3 Å². The normalized spacial score (nSPS) is 11.7. The Kier molecular flexibility index (Phi) is 37.4. The molecule has 0 saturated carbocycles. The van der Waals surface area contributed by atoms with Gasteiger partial charge in [0.15, 0.2) is 0 Å². The van der Waals surface area contributed by atoms with Gasteiger partial charge in [-0.1, -0.05) is 20.8 Å². The molecule has 0 unspecified atom stereocenters. The van der Waals surface area contributed by atoms with Gasteiger partial charge in [-0.2, -0.15) is 0 Å². The molecule has 0 atom stereocenters. The average molecular weight is 855 g/mol. The van der Waals surface area contributed by atoms with Crippen molar-refractivity contribution in [2.45, 2.75) is 119 Å². The fraction of sp³-hybridized carbons (Fsp3) is 1.00. The van der Waals surface area contributed by atoms with E-state index in [1.54, 1.807) is 0 Å². The third kappa shape index (κ3) is 21.0. The highest BCUT2D eigenvalue weighted by Crippen LogP contribution is 2.15. The van der Waals surface area contributed by atoms with E-state index < -0.39 is 0 Å². The van der Waals surface area contributed by atoms with Crippen LogP contribution in [0.2, 0.25) is 0 Å². The molecule has 0 saturated heterocycles. The van der Waals surface area contributed by atoms with Crippen LogP contribution in [-0.2, 0) is 10.9 Å². The second-order valence-corrected chi connectivity index (χ2v) is 12.8. The highest BCUT2D eigenvalue weighted by Gasteiger charge is 2.22. The molecular formula is C29H65I3N2S. The van der Waals surface area contributed by atoms with E-state index in [1.807, 2.05) is 0 Å². The van der Waals surface area contributed by atoms with Gasteiger partial charge in [-0.3, -0.25) is 0 Å². The fourth-order valence-corrected chi connectivity index (χ4v) is 8.11. The minimum atomic E-state index is 0. The minimum Gasteiger partial charge on any atom is -1.00 e. The van der Waals surface area contributed by atoms with Crippen molar-refractivity contribution in [3.05, 3.63) is 0 Å². The van der Waals surface area contributed by atoms with Crippen molar-refractivity contribution in [1.29, 1.82) is 0 Å². The first-order valence-electron chi connectivity index (χ1n) is 14.8. The van der Waals surface area contributed by atoms with Gasteiger partial charge < -0.3 is 80.9 Å². The van der Waals surface area contributed by atoms with Crippen LogP contribution in [0.1, 0.15) is 119 Å². The molecule has 0 aliphatic heterocycles. The van der Waals surface area contributed by atoms with Crippen LogP contribution in [0.25, 0.3) is 0 Å². The Morgan fingerprint density at radius 2 is 0.714 bits per heavy atom. The Hall–Kier alpha value is 2.46. The van der Waals surface area contributed by atoms with E-state index in [0.717, 1.165) is 0 Å². The van der Waals surface area contributed by atoms with Crippen LogP contribution in [0.5, 0.6) is 0 Å². The summed E-state index contributed by atoms with van der Waals surface area (Å²) in [6, 6.07) is 0. The lowest BCUT2D eigenvalue weighted by Crippen LogP contribution is -3.00. The first-order chi connectivity index (χ1) is 15.5. The van der Waals surface area contributed by atoms with E-state index in [2.05, 4.69) is 48.5 Å². The number of unbranched alkanes of at least 4 members (excludes halogenated alkanes) is 6. The molecule has 0 amide bonds. The topological polar surface area (TPSA) is 0 Å². The minimum absolute atomic E-state index is 0. The molecule has 0 spiro atoms. The summed E-state index contributed by atoms with van der Waals surface area (Å²) in [4.78, 5) is 0. The molecule has 0 heterocycles. The maximum absolute atomic E-state index is 2.39. The Bertz CT molecular complexity index is 371. The van der Waals surface area contributed by atoms with Crippen molar-refractivity contribution in [2.75, 3.05) is 69.6 Å². The van der Waals surface area contributed by atoms with E-state index in [0.29, 0.717) is 10.9 Å². The van der Waals surface area contributed by atoms with Crippen LogP contribution in [0, 0.1) is 0 Å². The Balaban J connectivity index is -0.00000160. The molecular weight excluding hydrogens is 789 g/mol. The van der Waals surface area contributed by atoms with Gasteiger partial charge in [0, 0.05) is 0 Å². The summed E-state index contributed by atoms with van der Waals surface area (Å²) in [5.41, 5.74) is 0. The number of rotatable bonds is 24. The standard InChI is InChI=1S/C29H65N2S.3HI/c1-8-23-30(11-4,12-5)25-19-15-17-21-28-32(27-10-3)29-22-18-16-20-26-31(13-6,14-7)24-9-2;;;/h8-29H2,1-7H3;3*1H/q+3;;;/p-3. The van der Waals surface area contributed by atoms with Crippen molar-refractivity contribution in [1.82, 2.24) is 0 Å². The quantitative estimate of drug-likeness (QED) is 0.0491. The van der Waals surface area contributed by atoms with Crippen LogP contribution in [0.3, 0.4) is 0 Å². The maximum atomic E-state index is 2.39. The molecule has 0 aliphatic carbocycles. The molecule has 0 radical (unpaired) electrons. The van der Waals surface area contributed by atoms with Gasteiger partial charge >= 0.3 is 0 Å². The average Bonchev–Trinajstić information content (AvgIpc) is 2.81. The van der Waals surface area contributed by atoms with E-state index >= 15 is 0 Å². The van der Waals surface area contributed by atoms with Gasteiger partial charge in [-0.05, 0) is 109 Å². The lowest BCUT2D eigenvalue weighted by atomic mass is 10.1. The SMILES string of the molecule is CCC[S+](CCCCCC[N+](CC)(CC)CCC)CCCCCC[N+](CC)(CC)CCC.[I-].[I-].[I-]. The Morgan fingerprint density at radius 3 is 1.00 bits per heavy atom. The van der Waals surface area contributed by atoms with E-state index in [9.17, 15) is 0 Å². The lowest BCUT2D eigenvalue weighted by molar-refractivity contribution is -0.925. The van der Waals surface area contributed by atoms with Crippen molar-refractivity contribution < 1.29 is 80.9 Å². The predicted octanol–water partition coefficient (Wildman–Crippen LogP) is -1.32. The zero-order valence-corrected chi connectivity index (χ0v) is 32.3. The molecule has 0 aliphatic rings. The highest BCUT2D eigenvalue weighted by molar-refractivity contribution is 7.96. The van der Waals surface area contributed by atoms with Gasteiger partial charge in [0.2, 0.25) is 0 Å². The highest BCUT2D eigenvalue weighted by atomic mass is 127. The monoisotopic (exact) mass is 854 g/mol. The van der Waals surface area contributed by atoms with Crippen LogP contribution < -0.4 is 71.9 Å². The summed E-state index contributed by atoms with van der Waals surface area (Å²) in [5.74, 6) is 4.53. The van der Waals surface area contributed by atoms with Crippen molar-refractivity contribution in [3.8, 4) is 0 Å². The van der Waals surface area contributed by atoms with Crippen LogP contribution in [0.4, 0.5) is 0 Å². The number of nitrogens with zero attached hydrogens (tertiary/aromatic N) is 2. The Morgan fingerprint density at radius 1 is 0.371 bits per heavy atom. The number of hydrogen-bond acceptors (Lipinski definition) is 0. The van der Waals surface area contributed by atoms with Gasteiger partial charge in [-0.15, -0.1) is 0 Å². The second-order valence-electron chi connectivity index (χ2n) is 10.4. The van der Waals surface area contributed by atoms with Crippen LogP contribution in [0.15, 0.2) is 0 Å². The molecule has 0 aromatic rings. The predicted molar refractivity (Wildman–Crippen MR) is 152 cm³/mol. The third-order valence-corrected chi connectivity index (χ3v) is 10.9. The molecule has 0 aromatic carbocycles. The van der Waals surface area contributed by atoms with Gasteiger partial charge in [0.05, 0.1) is 52.4 Å².